The molecule has 5 aliphatic heterocycles. The number of carbonyl (C=O) groups is 1. The van der Waals surface area contributed by atoms with Crippen LogP contribution in [0, 0.1) is 41.1 Å². The van der Waals surface area contributed by atoms with E-state index in [-0.39, 0.29) is 23.8 Å². The van der Waals surface area contributed by atoms with Crippen molar-refractivity contribution in [1.29, 1.82) is 0 Å². The summed E-state index contributed by atoms with van der Waals surface area (Å²) >= 11 is 0. The van der Waals surface area contributed by atoms with Gasteiger partial charge in [0.05, 0.1) is 17.1 Å². The van der Waals surface area contributed by atoms with E-state index in [1.165, 1.54) is 0 Å². The van der Waals surface area contributed by atoms with Crippen LogP contribution >= 0.6 is 0 Å². The lowest BCUT2D eigenvalue weighted by Crippen LogP contribution is -3.13. The van der Waals surface area contributed by atoms with Gasteiger partial charge in [0.2, 0.25) is 0 Å². The molecular weight excluding hydrogens is 725 g/mol. The molecule has 1 aliphatic carbocycles. The molecule has 0 saturated heterocycles. The lowest BCUT2D eigenvalue weighted by atomic mass is 9.73. The van der Waals surface area contributed by atoms with Gasteiger partial charge in [0, 0.05) is 25.0 Å². The minimum atomic E-state index is -1.04. The van der Waals surface area contributed by atoms with E-state index in [2.05, 4.69) is 49.2 Å². The summed E-state index contributed by atoms with van der Waals surface area (Å²) < 4.78 is 13.4. The molecule has 2 aromatic carbocycles. The Labute approximate surface area is 343 Å². The summed E-state index contributed by atoms with van der Waals surface area (Å²) in [5.74, 6) is 11.0. The van der Waals surface area contributed by atoms with Gasteiger partial charge in [-0.15, -0.1) is 0 Å². The van der Waals surface area contributed by atoms with Gasteiger partial charge in [-0.1, -0.05) is 101 Å². The monoisotopic (exact) mass is 783 g/mol. The number of aliphatic hydroxyl groups excluding tert-OH is 2. The Balaban J connectivity index is 1.13. The van der Waals surface area contributed by atoms with Crippen LogP contribution < -0.4 is 25.4 Å². The van der Waals surface area contributed by atoms with E-state index >= 15 is 0 Å². The van der Waals surface area contributed by atoms with Gasteiger partial charge in [-0.05, 0) is 89.9 Å². The maximum atomic E-state index is 13.8. The quantitative estimate of drug-likeness (QED) is 0.116. The normalized spacial score (nSPS) is 25.5. The van der Waals surface area contributed by atoms with Gasteiger partial charge in [0.25, 0.3) is 6.23 Å². The third-order valence-corrected chi connectivity index (χ3v) is 13.3. The van der Waals surface area contributed by atoms with E-state index in [0.717, 1.165) is 120 Å². The van der Waals surface area contributed by atoms with Crippen LogP contribution in [0.3, 0.4) is 0 Å². The van der Waals surface area contributed by atoms with Crippen LogP contribution in [0.15, 0.2) is 65.1 Å². The minimum absolute atomic E-state index is 0.130. The highest BCUT2D eigenvalue weighted by molar-refractivity contribution is 6.08. The number of hydrogen-bond donors (Lipinski definition) is 5. The fraction of sp³-hybridized carbons (Fsp3) is 0.510. The van der Waals surface area contributed by atoms with Crippen molar-refractivity contribution >= 4 is 17.6 Å². The van der Waals surface area contributed by atoms with Crippen molar-refractivity contribution in [3.63, 3.8) is 0 Å². The second kappa shape index (κ2) is 17.7. The van der Waals surface area contributed by atoms with E-state index in [1.54, 1.807) is 0 Å². The molecule has 9 heteroatoms. The molecule has 2 bridgehead atoms. The first-order valence-corrected chi connectivity index (χ1v) is 21.8. The smallest absolute Gasteiger partial charge is 0.252 e. The van der Waals surface area contributed by atoms with E-state index in [1.807, 2.05) is 48.8 Å². The molecule has 1 saturated carbocycles. The van der Waals surface area contributed by atoms with Crippen molar-refractivity contribution in [3.05, 3.63) is 87.9 Å². The zero-order valence-corrected chi connectivity index (χ0v) is 34.1. The first kappa shape index (κ1) is 40.2. The van der Waals surface area contributed by atoms with Crippen molar-refractivity contribution in [3.8, 4) is 35.4 Å². The highest BCUT2D eigenvalue weighted by atomic mass is 16.5. The number of nitrogens with zero attached hydrogens (tertiary/aromatic N) is 1. The lowest BCUT2D eigenvalue weighted by Gasteiger charge is -2.36. The van der Waals surface area contributed by atoms with Crippen LogP contribution in [-0.2, 0) is 17.6 Å². The van der Waals surface area contributed by atoms with E-state index in [9.17, 15) is 15.0 Å². The number of benzene rings is 2. The summed E-state index contributed by atoms with van der Waals surface area (Å²) in [6.07, 6.45) is 21.5. The molecule has 8 rings (SSSR count). The van der Waals surface area contributed by atoms with E-state index in [0.29, 0.717) is 43.7 Å². The van der Waals surface area contributed by atoms with E-state index < -0.39 is 23.9 Å². The number of aliphatic hydroxyl groups is 2. The van der Waals surface area contributed by atoms with Crippen LogP contribution in [-0.4, -0.2) is 40.6 Å². The van der Waals surface area contributed by atoms with Crippen molar-refractivity contribution in [2.45, 2.75) is 135 Å². The highest BCUT2D eigenvalue weighted by Crippen LogP contribution is 2.47. The number of hydrogen-bond acceptors (Lipinski definition) is 8. The van der Waals surface area contributed by atoms with Gasteiger partial charge in [0.1, 0.15) is 48.5 Å². The topological polar surface area (TPSA) is 131 Å². The van der Waals surface area contributed by atoms with Gasteiger partial charge in [0.15, 0.2) is 11.5 Å². The number of allylic oxidation sites excluding steroid dienone is 1. The predicted octanol–water partition coefficient (Wildman–Crippen LogP) is 6.51. The number of quaternary nitrogens is 1. The van der Waals surface area contributed by atoms with Gasteiger partial charge in [-0.25, -0.2) is 0 Å². The standard InChI is InChI=1S/C49H58N4O5/c1-3-5-7-11-37(42(54)12-8-6-4-2)44(56)18-13-32-14-20-45-46(27-32)58-48-40(49(24-26-57-45)22-9-10-23-49)17-19-43(55)35-15-16-36-34(21-25-51-47(36)50)38(35)28-33-29-52-41-31-53(48)30-39(33)41/h14-16,20-21,25,27,29-30,37,40,42-43,47-48,51,54-55H,3-13,18,22-23,28,31,50H2,1-2H3/p+1. The molecule has 2 aromatic rings. The zero-order chi connectivity index (χ0) is 40.2. The molecule has 1 spiro atoms. The molecule has 9 nitrogen and oxygen atoms in total. The first-order valence-electron chi connectivity index (χ1n) is 21.8. The predicted molar refractivity (Wildman–Crippen MR) is 226 cm³/mol. The minimum Gasteiger partial charge on any atom is -0.437 e. The maximum Gasteiger partial charge on any atom is 0.252 e. The SMILES string of the molecule is CCCCCC(O)C(CCCCC)C(=O)CCc1ccc2c(c1)OC1C(C#CC(O)c3ccc4c(c3CC3=CN=C5C[NH+]1C=C35)C=CNC4N)C1(C#CO2)CCCC1. The van der Waals surface area contributed by atoms with Crippen molar-refractivity contribution < 1.29 is 29.4 Å². The number of nitrogens with one attached hydrogen (secondary N) is 2. The molecule has 5 heterocycles. The summed E-state index contributed by atoms with van der Waals surface area (Å²) in [6, 6.07) is 9.86. The average Bonchev–Trinajstić information content (AvgIpc) is 3.97. The number of fused-ring (bicyclic) bond motifs is 8. The Morgan fingerprint density at radius 1 is 1.05 bits per heavy atom. The number of Topliss-reactive ketones (excluding diaryl/α,β-unsaturated/α-hetero) is 1. The zero-order valence-electron chi connectivity index (χ0n) is 34.1. The van der Waals surface area contributed by atoms with Crippen LogP contribution in [0.4, 0.5) is 0 Å². The number of nitrogens with two attached hydrogens (primary N) is 1. The highest BCUT2D eigenvalue weighted by Gasteiger charge is 2.51. The van der Waals surface area contributed by atoms with Gasteiger partial charge >= 0.3 is 0 Å². The second-order valence-electron chi connectivity index (χ2n) is 17.1. The number of rotatable bonds is 13. The molecule has 6 aliphatic rings. The van der Waals surface area contributed by atoms with Crippen molar-refractivity contribution in [2.75, 3.05) is 6.54 Å². The third-order valence-electron chi connectivity index (χ3n) is 13.3. The molecular formula is C49H59N4O5+. The summed E-state index contributed by atoms with van der Waals surface area (Å²) in [7, 11) is 0. The van der Waals surface area contributed by atoms with Crippen LogP contribution in [0.25, 0.3) is 6.08 Å². The maximum absolute atomic E-state index is 13.8. The molecule has 304 valence electrons. The Kier molecular flexibility index (Phi) is 12.2. The summed E-state index contributed by atoms with van der Waals surface area (Å²) in [5.41, 5.74) is 13.9. The van der Waals surface area contributed by atoms with E-state index in [4.69, 9.17) is 20.2 Å². The van der Waals surface area contributed by atoms with Crippen LogP contribution in [0.2, 0.25) is 0 Å². The molecule has 0 radical (unpaired) electrons. The number of ether oxygens (including phenoxy) is 2. The molecule has 7 unspecified atom stereocenters. The average molecular weight is 784 g/mol. The number of ketones is 1. The lowest BCUT2D eigenvalue weighted by molar-refractivity contribution is -0.888. The number of unbranched alkanes of at least 4 members (excludes halogenated alkanes) is 4. The second-order valence-corrected chi connectivity index (χ2v) is 17.1. The largest absolute Gasteiger partial charge is 0.437 e. The third kappa shape index (κ3) is 8.16. The Bertz CT molecular complexity index is 2140. The van der Waals surface area contributed by atoms with Gasteiger partial charge in [-0.2, -0.15) is 0 Å². The van der Waals surface area contributed by atoms with Crippen molar-refractivity contribution in [1.82, 2.24) is 5.32 Å². The van der Waals surface area contributed by atoms with Crippen molar-refractivity contribution in [2.24, 2.45) is 28.0 Å². The summed E-state index contributed by atoms with van der Waals surface area (Å²) in [6.45, 7) is 4.95. The number of carbonyl (C=O) groups excluding carboxylic acids is 1. The summed E-state index contributed by atoms with van der Waals surface area (Å²) in [4.78, 5) is 19.8. The number of aryl methyl sites for hydroxylation is 1. The van der Waals surface area contributed by atoms with Crippen LogP contribution in [0.1, 0.15) is 137 Å². The molecule has 0 aromatic heterocycles. The fourth-order valence-electron chi connectivity index (χ4n) is 9.96. The summed E-state index contributed by atoms with van der Waals surface area (Å²) in [5, 5.41) is 26.3. The molecule has 0 amide bonds. The van der Waals surface area contributed by atoms with Gasteiger partial charge in [-0.3, -0.25) is 14.7 Å². The molecule has 6 N–H and O–H groups in total. The Morgan fingerprint density at radius 2 is 1.84 bits per heavy atom. The molecule has 7 atom stereocenters. The Hall–Kier alpha value is -4.64. The first-order chi connectivity index (χ1) is 28.3. The fourth-order valence-corrected chi connectivity index (χ4v) is 9.96. The molecule has 1 fully saturated rings. The van der Waals surface area contributed by atoms with Crippen LogP contribution in [0.5, 0.6) is 11.5 Å². The number of aliphatic imine (C=N–C) groups is 1. The van der Waals surface area contributed by atoms with Gasteiger partial charge < -0.3 is 30.7 Å². The molecule has 58 heavy (non-hydrogen) atoms. The Morgan fingerprint density at radius 3 is 2.66 bits per heavy atom.